The third-order valence-electron chi connectivity index (χ3n) is 4.45. The van der Waals surface area contributed by atoms with Gasteiger partial charge in [0, 0.05) is 34.6 Å². The van der Waals surface area contributed by atoms with Crippen molar-refractivity contribution in [3.63, 3.8) is 0 Å². The summed E-state index contributed by atoms with van der Waals surface area (Å²) in [5.74, 6) is 0.457. The predicted octanol–water partition coefficient (Wildman–Crippen LogP) is 4.78. The van der Waals surface area contributed by atoms with E-state index in [4.69, 9.17) is 26.2 Å². The summed E-state index contributed by atoms with van der Waals surface area (Å²) in [6.45, 7) is 2.66. The fourth-order valence-corrected chi connectivity index (χ4v) is 3.38. The van der Waals surface area contributed by atoms with Crippen LogP contribution < -0.4 is 9.47 Å². The van der Waals surface area contributed by atoms with Crippen molar-refractivity contribution in [3.8, 4) is 22.6 Å². The fourth-order valence-electron chi connectivity index (χ4n) is 3.20. The molecule has 0 aromatic heterocycles. The number of aryl methyl sites for hydroxylation is 1. The first-order chi connectivity index (χ1) is 13.0. The summed E-state index contributed by atoms with van der Waals surface area (Å²) < 4.78 is 11.6. The lowest BCUT2D eigenvalue weighted by molar-refractivity contribution is -0.137. The van der Waals surface area contributed by atoms with Gasteiger partial charge in [0.1, 0.15) is 11.5 Å². The van der Waals surface area contributed by atoms with Gasteiger partial charge in [0.05, 0.1) is 13.2 Å². The Kier molecular flexibility index (Phi) is 6.01. The zero-order valence-electron chi connectivity index (χ0n) is 15.1. The standard InChI is InChI=1S/C21H21ClO5/c1-2-26-19-8-6-14(22)11-17(19)16-10-13-5-7-18(23)15(13)12-20(16)27-9-3-4-21(24)25/h6,8,10-12H,2-5,7,9H2,1H3,(H,24,25). The monoisotopic (exact) mass is 388 g/mol. The first-order valence-electron chi connectivity index (χ1n) is 8.97. The number of ether oxygens (including phenoxy) is 2. The minimum Gasteiger partial charge on any atom is -0.493 e. The van der Waals surface area contributed by atoms with Gasteiger partial charge in [0.25, 0.3) is 0 Å². The third kappa shape index (κ3) is 4.42. The molecule has 0 aliphatic heterocycles. The molecular weight excluding hydrogens is 368 g/mol. The van der Waals surface area contributed by atoms with Crippen molar-refractivity contribution in [3.05, 3.63) is 46.5 Å². The number of carboxylic acid groups (broad SMARTS) is 1. The number of Topliss-reactive ketones (excluding diaryl/α,β-unsaturated/α-hetero) is 1. The number of halogens is 1. The number of carbonyl (C=O) groups is 2. The van der Waals surface area contributed by atoms with Gasteiger partial charge in [0.15, 0.2) is 5.78 Å². The van der Waals surface area contributed by atoms with Crippen molar-refractivity contribution < 1.29 is 24.2 Å². The van der Waals surface area contributed by atoms with E-state index in [9.17, 15) is 9.59 Å². The smallest absolute Gasteiger partial charge is 0.303 e. The van der Waals surface area contributed by atoms with Gasteiger partial charge in [-0.25, -0.2) is 0 Å². The SMILES string of the molecule is CCOc1ccc(Cl)cc1-c1cc2c(cc1OCCCC(=O)O)C(=O)CC2. The van der Waals surface area contributed by atoms with Crippen molar-refractivity contribution >= 4 is 23.4 Å². The Morgan fingerprint density at radius 2 is 1.85 bits per heavy atom. The maximum absolute atomic E-state index is 12.1. The summed E-state index contributed by atoms with van der Waals surface area (Å²) in [6, 6.07) is 9.11. The number of carboxylic acids is 1. The van der Waals surface area contributed by atoms with Crippen molar-refractivity contribution in [1.29, 1.82) is 0 Å². The van der Waals surface area contributed by atoms with Crippen molar-refractivity contribution in [2.75, 3.05) is 13.2 Å². The fraction of sp³-hybridized carbons (Fsp3) is 0.333. The van der Waals surface area contributed by atoms with Crippen LogP contribution in [-0.4, -0.2) is 30.1 Å². The van der Waals surface area contributed by atoms with Crippen molar-refractivity contribution in [2.24, 2.45) is 0 Å². The first kappa shape index (κ1) is 19.2. The molecule has 6 heteroatoms. The third-order valence-corrected chi connectivity index (χ3v) is 4.69. The second-order valence-electron chi connectivity index (χ2n) is 6.35. The lowest BCUT2D eigenvalue weighted by Crippen LogP contribution is -2.04. The molecule has 0 saturated heterocycles. The van der Waals surface area contributed by atoms with E-state index in [0.29, 0.717) is 48.0 Å². The second kappa shape index (κ2) is 8.44. The van der Waals surface area contributed by atoms with E-state index in [1.165, 1.54) is 0 Å². The molecule has 0 saturated carbocycles. The van der Waals surface area contributed by atoms with Crippen LogP contribution in [-0.2, 0) is 11.2 Å². The van der Waals surface area contributed by atoms with Crippen LogP contribution >= 0.6 is 11.6 Å². The summed E-state index contributed by atoms with van der Waals surface area (Å²) in [6.07, 6.45) is 1.60. The summed E-state index contributed by atoms with van der Waals surface area (Å²) in [4.78, 5) is 22.8. The van der Waals surface area contributed by atoms with E-state index in [1.807, 2.05) is 25.1 Å². The highest BCUT2D eigenvalue weighted by Gasteiger charge is 2.24. The van der Waals surface area contributed by atoms with Gasteiger partial charge in [0.2, 0.25) is 0 Å². The topological polar surface area (TPSA) is 72.8 Å². The zero-order valence-corrected chi connectivity index (χ0v) is 15.8. The molecule has 2 aromatic carbocycles. The molecule has 3 rings (SSSR count). The van der Waals surface area contributed by atoms with Gasteiger partial charge < -0.3 is 14.6 Å². The Morgan fingerprint density at radius 3 is 2.59 bits per heavy atom. The highest BCUT2D eigenvalue weighted by atomic mass is 35.5. The molecule has 1 aliphatic rings. The van der Waals surface area contributed by atoms with E-state index in [0.717, 1.165) is 16.7 Å². The van der Waals surface area contributed by atoms with Crippen molar-refractivity contribution in [1.82, 2.24) is 0 Å². The number of fused-ring (bicyclic) bond motifs is 1. The molecule has 1 aliphatic carbocycles. The highest BCUT2D eigenvalue weighted by Crippen LogP contribution is 2.41. The van der Waals surface area contributed by atoms with Crippen LogP contribution in [0.5, 0.6) is 11.5 Å². The van der Waals surface area contributed by atoms with E-state index in [-0.39, 0.29) is 18.8 Å². The normalized spacial score (nSPS) is 12.7. The van der Waals surface area contributed by atoms with Crippen LogP contribution in [0.1, 0.15) is 42.1 Å². The minimum absolute atomic E-state index is 0.0283. The Hall–Kier alpha value is -2.53. The largest absolute Gasteiger partial charge is 0.493 e. The Labute approximate surface area is 162 Å². The van der Waals surface area contributed by atoms with Crippen LogP contribution in [0.15, 0.2) is 30.3 Å². The number of aliphatic carboxylic acids is 1. The molecule has 2 aromatic rings. The van der Waals surface area contributed by atoms with Crippen LogP contribution in [0.3, 0.4) is 0 Å². The number of hydrogen-bond donors (Lipinski definition) is 1. The van der Waals surface area contributed by atoms with E-state index in [2.05, 4.69) is 0 Å². The predicted molar refractivity (Wildman–Crippen MR) is 103 cm³/mol. The summed E-state index contributed by atoms with van der Waals surface area (Å²) in [5, 5.41) is 9.37. The second-order valence-corrected chi connectivity index (χ2v) is 6.78. The van der Waals surface area contributed by atoms with E-state index >= 15 is 0 Å². The molecule has 0 radical (unpaired) electrons. The van der Waals surface area contributed by atoms with Crippen LogP contribution in [0.2, 0.25) is 5.02 Å². The number of rotatable bonds is 8. The van der Waals surface area contributed by atoms with Gasteiger partial charge >= 0.3 is 5.97 Å². The maximum Gasteiger partial charge on any atom is 0.303 e. The van der Waals surface area contributed by atoms with Crippen LogP contribution in [0.25, 0.3) is 11.1 Å². The van der Waals surface area contributed by atoms with E-state index in [1.54, 1.807) is 12.1 Å². The number of ketones is 1. The lowest BCUT2D eigenvalue weighted by atomic mass is 9.98. The Bertz CT molecular complexity index is 875. The van der Waals surface area contributed by atoms with Crippen LogP contribution in [0.4, 0.5) is 0 Å². The zero-order chi connectivity index (χ0) is 19.4. The number of hydrogen-bond acceptors (Lipinski definition) is 4. The molecule has 0 bridgehead atoms. The molecule has 0 unspecified atom stereocenters. The molecule has 27 heavy (non-hydrogen) atoms. The molecule has 0 amide bonds. The number of carbonyl (C=O) groups excluding carboxylic acids is 1. The summed E-state index contributed by atoms with van der Waals surface area (Å²) in [7, 11) is 0. The molecule has 0 atom stereocenters. The Balaban J connectivity index is 2.02. The van der Waals surface area contributed by atoms with Gasteiger partial charge in [-0.2, -0.15) is 0 Å². The average Bonchev–Trinajstić information content (AvgIpc) is 3.00. The first-order valence-corrected chi connectivity index (χ1v) is 9.34. The molecule has 5 nitrogen and oxygen atoms in total. The summed E-state index contributed by atoms with van der Waals surface area (Å²) >= 11 is 6.21. The van der Waals surface area contributed by atoms with Gasteiger partial charge in [-0.05, 0) is 55.7 Å². The summed E-state index contributed by atoms with van der Waals surface area (Å²) in [5.41, 5.74) is 3.24. The molecule has 0 heterocycles. The Morgan fingerprint density at radius 1 is 1.07 bits per heavy atom. The van der Waals surface area contributed by atoms with Crippen molar-refractivity contribution in [2.45, 2.75) is 32.6 Å². The molecule has 0 fully saturated rings. The van der Waals surface area contributed by atoms with Crippen LogP contribution in [0, 0.1) is 0 Å². The number of benzene rings is 2. The average molecular weight is 389 g/mol. The molecular formula is C21H21ClO5. The molecule has 142 valence electrons. The van der Waals surface area contributed by atoms with E-state index < -0.39 is 5.97 Å². The van der Waals surface area contributed by atoms with Gasteiger partial charge in [-0.3, -0.25) is 9.59 Å². The lowest BCUT2D eigenvalue weighted by Gasteiger charge is -2.17. The van der Waals surface area contributed by atoms with Gasteiger partial charge in [-0.15, -0.1) is 0 Å². The molecule has 0 spiro atoms. The maximum atomic E-state index is 12.1. The highest BCUT2D eigenvalue weighted by molar-refractivity contribution is 6.31. The molecule has 1 N–H and O–H groups in total. The van der Waals surface area contributed by atoms with Gasteiger partial charge in [-0.1, -0.05) is 11.6 Å². The quantitative estimate of drug-likeness (QED) is 0.659. The minimum atomic E-state index is -0.864.